The topological polar surface area (TPSA) is 89.2 Å². The maximum atomic E-state index is 14.0. The van der Waals surface area contributed by atoms with E-state index in [1.54, 1.807) is 6.07 Å². The summed E-state index contributed by atoms with van der Waals surface area (Å²) < 4.78 is 26.6. The highest BCUT2D eigenvalue weighted by molar-refractivity contribution is 6.04. The van der Waals surface area contributed by atoms with Crippen LogP contribution >= 0.6 is 0 Å². The van der Waals surface area contributed by atoms with Gasteiger partial charge < -0.3 is 19.4 Å². The van der Waals surface area contributed by atoms with E-state index in [1.807, 2.05) is 6.07 Å². The van der Waals surface area contributed by atoms with Gasteiger partial charge in [0.05, 0.1) is 24.8 Å². The quantitative estimate of drug-likeness (QED) is 0.668. The summed E-state index contributed by atoms with van der Waals surface area (Å²) >= 11 is 0. The second-order valence-corrected chi connectivity index (χ2v) is 6.42. The van der Waals surface area contributed by atoms with Crippen molar-refractivity contribution >= 4 is 16.9 Å². The summed E-state index contributed by atoms with van der Waals surface area (Å²) in [6.45, 7) is 1.16. The molecule has 130 valence electrons. The molecule has 2 fully saturated rings. The van der Waals surface area contributed by atoms with E-state index in [-0.39, 0.29) is 35.8 Å². The van der Waals surface area contributed by atoms with E-state index in [2.05, 4.69) is 10.3 Å². The molecule has 0 aliphatic carbocycles. The number of aromatic nitrogens is 2. The van der Waals surface area contributed by atoms with Crippen LogP contribution < -0.4 is 5.32 Å². The number of morpholine rings is 1. The molecule has 7 nitrogen and oxygen atoms in total. The van der Waals surface area contributed by atoms with Crippen molar-refractivity contribution in [1.29, 1.82) is 5.26 Å². The lowest BCUT2D eigenvalue weighted by molar-refractivity contribution is -0.0339. The Morgan fingerprint density at radius 3 is 2.96 bits per heavy atom. The Bertz CT molecular complexity index is 847. The summed E-state index contributed by atoms with van der Waals surface area (Å²) in [5.74, 6) is -1.21. The van der Waals surface area contributed by atoms with Crippen molar-refractivity contribution in [3.8, 4) is 6.07 Å². The molecule has 0 amide bonds. The van der Waals surface area contributed by atoms with Gasteiger partial charge in [-0.2, -0.15) is 9.65 Å². The smallest absolute Gasteiger partial charge is 0.340 e. The first-order valence-electron chi connectivity index (χ1n) is 8.20. The second kappa shape index (κ2) is 6.43. The van der Waals surface area contributed by atoms with Gasteiger partial charge in [0.2, 0.25) is 5.95 Å². The van der Waals surface area contributed by atoms with Crippen LogP contribution in [-0.4, -0.2) is 46.9 Å². The predicted molar refractivity (Wildman–Crippen MR) is 85.3 cm³/mol. The van der Waals surface area contributed by atoms with E-state index >= 15 is 0 Å². The SMILES string of the molecule is N#CCn1cc(C(=O)OC2CC3COCC(C2)N3)c2ccnc(F)c21. The van der Waals surface area contributed by atoms with Gasteiger partial charge in [0.15, 0.2) is 0 Å². The zero-order valence-corrected chi connectivity index (χ0v) is 13.4. The van der Waals surface area contributed by atoms with Crippen LogP contribution in [0, 0.1) is 17.3 Å². The second-order valence-electron chi connectivity index (χ2n) is 6.42. The van der Waals surface area contributed by atoms with E-state index in [1.165, 1.54) is 17.0 Å². The third-order valence-corrected chi connectivity index (χ3v) is 4.68. The molecule has 8 heteroatoms. The van der Waals surface area contributed by atoms with Crippen molar-refractivity contribution in [2.24, 2.45) is 0 Å². The molecule has 2 aliphatic heterocycles. The first kappa shape index (κ1) is 16.0. The summed E-state index contributed by atoms with van der Waals surface area (Å²) in [5.41, 5.74) is 0.401. The fourth-order valence-corrected chi connectivity index (χ4v) is 3.67. The van der Waals surface area contributed by atoms with Gasteiger partial charge in [0.25, 0.3) is 0 Å². The Labute approximate surface area is 143 Å². The number of carbonyl (C=O) groups excluding carboxylic acids is 1. The Morgan fingerprint density at radius 1 is 1.48 bits per heavy atom. The van der Waals surface area contributed by atoms with Crippen molar-refractivity contribution in [2.45, 2.75) is 37.6 Å². The molecule has 2 aromatic rings. The van der Waals surface area contributed by atoms with Crippen LogP contribution in [-0.2, 0) is 16.0 Å². The summed E-state index contributed by atoms with van der Waals surface area (Å²) in [4.78, 5) is 16.3. The Balaban J connectivity index is 1.60. The van der Waals surface area contributed by atoms with Crippen molar-refractivity contribution in [3.63, 3.8) is 0 Å². The number of halogens is 1. The molecule has 1 N–H and O–H groups in total. The predicted octanol–water partition coefficient (Wildman–Crippen LogP) is 1.38. The monoisotopic (exact) mass is 344 g/mol. The molecule has 4 heterocycles. The van der Waals surface area contributed by atoms with E-state index < -0.39 is 11.9 Å². The number of piperidine rings is 1. The number of pyridine rings is 1. The van der Waals surface area contributed by atoms with Crippen LogP contribution in [0.5, 0.6) is 0 Å². The summed E-state index contributed by atoms with van der Waals surface area (Å²) in [6, 6.07) is 3.90. The number of nitrogens with zero attached hydrogens (tertiary/aromatic N) is 3. The summed E-state index contributed by atoms with van der Waals surface area (Å²) in [5, 5.41) is 12.8. The largest absolute Gasteiger partial charge is 0.459 e. The number of hydrogen-bond acceptors (Lipinski definition) is 6. The Kier molecular flexibility index (Phi) is 4.11. The minimum Gasteiger partial charge on any atom is -0.459 e. The Morgan fingerprint density at radius 2 is 2.24 bits per heavy atom. The van der Waals surface area contributed by atoms with Gasteiger partial charge in [-0.05, 0) is 6.07 Å². The molecular formula is C17H17FN4O3. The molecule has 2 atom stereocenters. The fraction of sp³-hybridized carbons (Fsp3) is 0.471. The number of hydrogen-bond donors (Lipinski definition) is 1. The molecule has 0 radical (unpaired) electrons. The molecule has 4 rings (SSSR count). The zero-order valence-electron chi connectivity index (χ0n) is 13.4. The fourth-order valence-electron chi connectivity index (χ4n) is 3.67. The van der Waals surface area contributed by atoms with Crippen molar-refractivity contribution in [3.05, 3.63) is 30.0 Å². The van der Waals surface area contributed by atoms with Crippen LogP contribution in [0.3, 0.4) is 0 Å². The highest BCUT2D eigenvalue weighted by Gasteiger charge is 2.34. The van der Waals surface area contributed by atoms with Crippen LogP contribution in [0.1, 0.15) is 23.2 Å². The molecule has 0 spiro atoms. The lowest BCUT2D eigenvalue weighted by atomic mass is 9.94. The van der Waals surface area contributed by atoms with Gasteiger partial charge >= 0.3 is 5.97 Å². The van der Waals surface area contributed by atoms with Gasteiger partial charge in [0, 0.05) is 42.7 Å². The molecule has 2 aromatic heterocycles. The molecular weight excluding hydrogens is 327 g/mol. The van der Waals surface area contributed by atoms with Crippen molar-refractivity contribution < 1.29 is 18.7 Å². The molecule has 2 unspecified atom stereocenters. The number of rotatable bonds is 3. The average Bonchev–Trinajstić information content (AvgIpc) is 2.95. The zero-order chi connectivity index (χ0) is 17.4. The maximum absolute atomic E-state index is 14.0. The number of fused-ring (bicyclic) bond motifs is 3. The molecule has 25 heavy (non-hydrogen) atoms. The van der Waals surface area contributed by atoms with Crippen LogP contribution in [0.15, 0.2) is 18.5 Å². The lowest BCUT2D eigenvalue weighted by Crippen LogP contribution is -2.56. The number of carbonyl (C=O) groups is 1. The molecule has 0 saturated carbocycles. The van der Waals surface area contributed by atoms with Gasteiger partial charge in [0.1, 0.15) is 18.2 Å². The Hall–Kier alpha value is -2.50. The van der Waals surface area contributed by atoms with E-state index in [4.69, 9.17) is 14.7 Å². The van der Waals surface area contributed by atoms with Crippen molar-refractivity contribution in [1.82, 2.24) is 14.9 Å². The third kappa shape index (κ3) is 2.97. The van der Waals surface area contributed by atoms with Crippen LogP contribution in [0.4, 0.5) is 4.39 Å². The molecule has 2 saturated heterocycles. The third-order valence-electron chi connectivity index (χ3n) is 4.68. The maximum Gasteiger partial charge on any atom is 0.340 e. The number of esters is 1. The minimum absolute atomic E-state index is 0.0682. The van der Waals surface area contributed by atoms with E-state index in [9.17, 15) is 9.18 Å². The van der Waals surface area contributed by atoms with Crippen molar-refractivity contribution in [2.75, 3.05) is 13.2 Å². The first-order chi connectivity index (χ1) is 12.2. The minimum atomic E-state index is -0.708. The van der Waals surface area contributed by atoms with Crippen LogP contribution in [0.2, 0.25) is 0 Å². The molecule has 2 aliphatic rings. The lowest BCUT2D eigenvalue weighted by Gasteiger charge is -2.39. The normalized spacial score (nSPS) is 25.5. The number of ether oxygens (including phenoxy) is 2. The van der Waals surface area contributed by atoms with Gasteiger partial charge in [-0.1, -0.05) is 0 Å². The standard InChI is InChI=1S/C17H17FN4O3/c18-16-15-13(1-3-20-16)14(7-22(15)4-2-19)17(23)25-12-5-10-8-24-9-11(6-12)21-10/h1,3,7,10-12,21H,4-6,8-9H2. The molecule has 2 bridgehead atoms. The summed E-state index contributed by atoms with van der Waals surface area (Å²) in [6.07, 6.45) is 3.95. The van der Waals surface area contributed by atoms with Gasteiger partial charge in [-0.25, -0.2) is 9.78 Å². The van der Waals surface area contributed by atoms with E-state index in [0.717, 1.165) is 0 Å². The first-order valence-corrected chi connectivity index (χ1v) is 8.20. The number of nitrogens with one attached hydrogen (secondary N) is 1. The summed E-state index contributed by atoms with van der Waals surface area (Å²) in [7, 11) is 0. The highest BCUT2D eigenvalue weighted by Crippen LogP contribution is 2.26. The number of nitriles is 1. The van der Waals surface area contributed by atoms with Gasteiger partial charge in [-0.15, -0.1) is 0 Å². The van der Waals surface area contributed by atoms with E-state index in [0.29, 0.717) is 31.4 Å². The average molecular weight is 344 g/mol. The highest BCUT2D eigenvalue weighted by atomic mass is 19.1. The molecule has 0 aromatic carbocycles. The van der Waals surface area contributed by atoms with Crippen LogP contribution in [0.25, 0.3) is 10.9 Å². The van der Waals surface area contributed by atoms with Gasteiger partial charge in [-0.3, -0.25) is 0 Å².